The van der Waals surface area contributed by atoms with Crippen LogP contribution in [-0.2, 0) is 4.74 Å². The predicted molar refractivity (Wildman–Crippen MR) is 78.4 cm³/mol. The number of halogens is 1. The van der Waals surface area contributed by atoms with E-state index in [-0.39, 0.29) is 23.2 Å². The van der Waals surface area contributed by atoms with E-state index < -0.39 is 5.82 Å². The van der Waals surface area contributed by atoms with E-state index >= 15 is 0 Å². The zero-order chi connectivity index (χ0) is 15.2. The van der Waals surface area contributed by atoms with Gasteiger partial charge in [0.25, 0.3) is 5.91 Å². The maximum absolute atomic E-state index is 13.6. The second-order valence-electron chi connectivity index (χ2n) is 5.09. The maximum atomic E-state index is 13.6. The molecule has 21 heavy (non-hydrogen) atoms. The van der Waals surface area contributed by atoms with E-state index in [2.05, 4.69) is 15.6 Å². The predicted octanol–water partition coefficient (Wildman–Crippen LogP) is 0.562. The van der Waals surface area contributed by atoms with Crippen LogP contribution < -0.4 is 16.6 Å². The van der Waals surface area contributed by atoms with Gasteiger partial charge in [0.05, 0.1) is 24.5 Å². The number of hydrogen-bond acceptors (Lipinski definition) is 5. The maximum Gasteiger partial charge on any atom is 0.253 e. The second kappa shape index (κ2) is 7.35. The summed E-state index contributed by atoms with van der Waals surface area (Å²) in [4.78, 5) is 14.4. The topological polar surface area (TPSA) is 79.6 Å². The molecular formula is C14H21FN4O2. The van der Waals surface area contributed by atoms with Crippen LogP contribution in [0.3, 0.4) is 0 Å². The molecule has 2 rings (SSSR count). The Bertz CT molecular complexity index is 492. The van der Waals surface area contributed by atoms with Crippen LogP contribution in [0.1, 0.15) is 17.3 Å². The number of carbonyl (C=O) groups excluding carboxylic acids is 1. The van der Waals surface area contributed by atoms with Crippen molar-refractivity contribution in [2.45, 2.75) is 13.0 Å². The van der Waals surface area contributed by atoms with Gasteiger partial charge in [-0.3, -0.25) is 15.5 Å². The molecule has 0 aromatic heterocycles. The number of rotatable bonds is 5. The van der Waals surface area contributed by atoms with E-state index in [0.717, 1.165) is 19.6 Å². The van der Waals surface area contributed by atoms with Crippen molar-refractivity contribution in [1.82, 2.24) is 10.2 Å². The van der Waals surface area contributed by atoms with Crippen LogP contribution in [0.2, 0.25) is 0 Å². The van der Waals surface area contributed by atoms with Gasteiger partial charge in [0.1, 0.15) is 5.82 Å². The summed E-state index contributed by atoms with van der Waals surface area (Å²) in [6.45, 7) is 5.79. The average Bonchev–Trinajstić information content (AvgIpc) is 2.47. The highest BCUT2D eigenvalue weighted by Gasteiger charge is 2.18. The number of amides is 1. The van der Waals surface area contributed by atoms with Crippen LogP contribution in [0.5, 0.6) is 0 Å². The summed E-state index contributed by atoms with van der Waals surface area (Å²) in [7, 11) is 0. The molecule has 1 fully saturated rings. The smallest absolute Gasteiger partial charge is 0.253 e. The molecule has 6 nitrogen and oxygen atoms in total. The van der Waals surface area contributed by atoms with Crippen LogP contribution in [0.4, 0.5) is 10.1 Å². The first-order chi connectivity index (χ1) is 10.1. The fraction of sp³-hybridized carbons (Fsp3) is 0.500. The third-order valence-corrected chi connectivity index (χ3v) is 3.42. The van der Waals surface area contributed by atoms with Crippen LogP contribution in [0.15, 0.2) is 18.2 Å². The largest absolute Gasteiger partial charge is 0.379 e. The minimum atomic E-state index is -0.550. The van der Waals surface area contributed by atoms with Gasteiger partial charge in [-0.1, -0.05) is 6.07 Å². The van der Waals surface area contributed by atoms with Crippen LogP contribution >= 0.6 is 0 Å². The lowest BCUT2D eigenvalue weighted by atomic mass is 10.1. The molecule has 1 amide bonds. The van der Waals surface area contributed by atoms with Crippen molar-refractivity contribution in [3.05, 3.63) is 29.6 Å². The molecule has 1 atom stereocenters. The molecule has 1 aliphatic rings. The number of ether oxygens (including phenoxy) is 1. The quantitative estimate of drug-likeness (QED) is 0.546. The highest BCUT2D eigenvalue weighted by molar-refractivity contribution is 5.99. The number of morpholine rings is 1. The lowest BCUT2D eigenvalue weighted by Gasteiger charge is -2.29. The van der Waals surface area contributed by atoms with Gasteiger partial charge in [-0.15, -0.1) is 0 Å². The Balaban J connectivity index is 1.95. The highest BCUT2D eigenvalue weighted by Crippen LogP contribution is 2.18. The van der Waals surface area contributed by atoms with E-state index in [1.54, 1.807) is 0 Å². The Morgan fingerprint density at radius 3 is 2.86 bits per heavy atom. The molecule has 1 aromatic carbocycles. The zero-order valence-electron chi connectivity index (χ0n) is 12.1. The fourth-order valence-corrected chi connectivity index (χ4v) is 2.38. The third kappa shape index (κ3) is 4.13. The van der Waals surface area contributed by atoms with Crippen molar-refractivity contribution in [2.75, 3.05) is 38.3 Å². The molecule has 0 aliphatic carbocycles. The Morgan fingerprint density at radius 1 is 1.48 bits per heavy atom. The van der Waals surface area contributed by atoms with Gasteiger partial charge in [0.15, 0.2) is 0 Å². The Kier molecular flexibility index (Phi) is 5.49. The second-order valence-corrected chi connectivity index (χ2v) is 5.09. The molecule has 1 aromatic rings. The summed E-state index contributed by atoms with van der Waals surface area (Å²) >= 11 is 0. The zero-order valence-corrected chi connectivity index (χ0v) is 12.1. The number of anilines is 1. The normalized spacial score (nSPS) is 17.3. The molecule has 1 heterocycles. The molecule has 0 bridgehead atoms. The molecule has 0 spiro atoms. The monoisotopic (exact) mass is 296 g/mol. The van der Waals surface area contributed by atoms with Gasteiger partial charge in [-0.2, -0.15) is 0 Å². The number of para-hydroxylation sites is 1. The molecule has 7 heteroatoms. The first kappa shape index (κ1) is 15.7. The number of nitrogens with one attached hydrogen (secondary N) is 2. The molecule has 1 saturated heterocycles. The molecule has 1 unspecified atom stereocenters. The summed E-state index contributed by atoms with van der Waals surface area (Å²) < 4.78 is 18.9. The van der Waals surface area contributed by atoms with E-state index in [9.17, 15) is 9.18 Å². The summed E-state index contributed by atoms with van der Waals surface area (Å²) in [5, 5.41) is 2.86. The van der Waals surface area contributed by atoms with Crippen molar-refractivity contribution in [3.8, 4) is 0 Å². The van der Waals surface area contributed by atoms with Gasteiger partial charge in [0.2, 0.25) is 0 Å². The van der Waals surface area contributed by atoms with E-state index in [1.165, 1.54) is 18.2 Å². The minimum Gasteiger partial charge on any atom is -0.379 e. The van der Waals surface area contributed by atoms with E-state index in [4.69, 9.17) is 10.6 Å². The van der Waals surface area contributed by atoms with Gasteiger partial charge in [-0.05, 0) is 19.1 Å². The number of nitrogens with two attached hydrogens (primary N) is 1. The molecule has 4 N–H and O–H groups in total. The lowest BCUT2D eigenvalue weighted by Crippen LogP contribution is -2.46. The van der Waals surface area contributed by atoms with Crippen molar-refractivity contribution in [2.24, 2.45) is 5.84 Å². The number of carbonyl (C=O) groups is 1. The molecule has 116 valence electrons. The van der Waals surface area contributed by atoms with Crippen molar-refractivity contribution >= 4 is 11.6 Å². The summed E-state index contributed by atoms with van der Waals surface area (Å²) in [5.74, 6) is 4.38. The molecule has 0 radical (unpaired) electrons. The number of benzene rings is 1. The average molecular weight is 296 g/mol. The lowest BCUT2D eigenvalue weighted by molar-refractivity contribution is 0.0342. The minimum absolute atomic E-state index is 0.00794. The van der Waals surface area contributed by atoms with Crippen LogP contribution in [0, 0.1) is 5.82 Å². The standard InChI is InChI=1S/C14H21FN4O2/c1-10(9-19-5-7-21-8-6-19)17-14(20)11-3-2-4-12(15)13(11)18-16/h2-4,10,18H,5-9,16H2,1H3,(H,17,20). The SMILES string of the molecule is CC(CN1CCOCC1)NC(=O)c1cccc(F)c1NN. The highest BCUT2D eigenvalue weighted by atomic mass is 19.1. The van der Waals surface area contributed by atoms with Crippen molar-refractivity contribution in [1.29, 1.82) is 0 Å². The van der Waals surface area contributed by atoms with Crippen LogP contribution in [-0.4, -0.2) is 49.7 Å². The van der Waals surface area contributed by atoms with Crippen molar-refractivity contribution < 1.29 is 13.9 Å². The summed E-state index contributed by atoms with van der Waals surface area (Å²) in [6.07, 6.45) is 0. The third-order valence-electron chi connectivity index (χ3n) is 3.42. The van der Waals surface area contributed by atoms with E-state index in [0.29, 0.717) is 13.2 Å². The number of nitrogen functional groups attached to an aromatic ring is 1. The van der Waals surface area contributed by atoms with Gasteiger partial charge >= 0.3 is 0 Å². The molecule has 1 aliphatic heterocycles. The van der Waals surface area contributed by atoms with Crippen molar-refractivity contribution in [3.63, 3.8) is 0 Å². The van der Waals surface area contributed by atoms with Gasteiger partial charge in [0, 0.05) is 25.7 Å². The Hall–Kier alpha value is -1.70. The number of hydrogen-bond donors (Lipinski definition) is 3. The first-order valence-corrected chi connectivity index (χ1v) is 6.98. The summed E-state index contributed by atoms with van der Waals surface area (Å²) in [6, 6.07) is 4.22. The van der Waals surface area contributed by atoms with Gasteiger partial charge in [-0.25, -0.2) is 4.39 Å². The van der Waals surface area contributed by atoms with Gasteiger partial charge < -0.3 is 15.5 Å². The first-order valence-electron chi connectivity index (χ1n) is 6.98. The molecule has 0 saturated carbocycles. The fourth-order valence-electron chi connectivity index (χ4n) is 2.38. The van der Waals surface area contributed by atoms with Crippen LogP contribution in [0.25, 0.3) is 0 Å². The number of nitrogens with zero attached hydrogens (tertiary/aromatic N) is 1. The molecular weight excluding hydrogens is 275 g/mol. The number of hydrazine groups is 1. The van der Waals surface area contributed by atoms with E-state index in [1.807, 2.05) is 6.92 Å². The Morgan fingerprint density at radius 2 is 2.19 bits per heavy atom. The summed E-state index contributed by atoms with van der Waals surface area (Å²) in [5.41, 5.74) is 2.44. The Labute approximate surface area is 123 Å².